The van der Waals surface area contributed by atoms with Gasteiger partial charge in [-0.3, -0.25) is 10.2 Å². The third-order valence-corrected chi connectivity index (χ3v) is 6.93. The lowest BCUT2D eigenvalue weighted by Gasteiger charge is -2.14. The molecule has 3 heterocycles. The van der Waals surface area contributed by atoms with Gasteiger partial charge in [-0.25, -0.2) is 4.98 Å². The molecule has 2 aromatic heterocycles. The summed E-state index contributed by atoms with van der Waals surface area (Å²) in [6.07, 6.45) is 2.14. The van der Waals surface area contributed by atoms with Crippen molar-refractivity contribution in [3.8, 4) is 0 Å². The topological polar surface area (TPSA) is 97.1 Å². The smallest absolute Gasteiger partial charge is 0.236 e. The van der Waals surface area contributed by atoms with Crippen molar-refractivity contribution in [1.82, 2.24) is 30.5 Å². The van der Waals surface area contributed by atoms with Gasteiger partial charge in [0.15, 0.2) is 10.8 Å². The van der Waals surface area contributed by atoms with Crippen LogP contribution >= 0.6 is 23.5 Å². The summed E-state index contributed by atoms with van der Waals surface area (Å²) >= 11 is 2.63. The van der Waals surface area contributed by atoms with Crippen LogP contribution in [0.15, 0.2) is 70.3 Å². The fraction of sp³-hybridized carbons (Fsp3) is 0.208. The number of amides is 1. The molecule has 1 aliphatic rings. The molecule has 34 heavy (non-hydrogen) atoms. The number of para-hydroxylation sites is 1. The molecule has 2 aromatic carbocycles. The Morgan fingerprint density at radius 1 is 1.12 bits per heavy atom. The Kier molecular flexibility index (Phi) is 6.77. The molecule has 0 bridgehead atoms. The highest BCUT2D eigenvalue weighted by Crippen LogP contribution is 2.27. The van der Waals surface area contributed by atoms with Gasteiger partial charge >= 0.3 is 0 Å². The Balaban J connectivity index is 1.24. The Morgan fingerprint density at radius 3 is 2.74 bits per heavy atom. The second-order valence-electron chi connectivity index (χ2n) is 7.67. The van der Waals surface area contributed by atoms with Crippen LogP contribution in [0.3, 0.4) is 0 Å². The summed E-state index contributed by atoms with van der Waals surface area (Å²) in [5, 5.41) is 19.7. The standard InChI is InChI=1S/C24H23N7OS2/c1-2-3-13-31-19-12-8-7-11-17(19)21-22(31)26-24(30-28-21)34-15-20(32)25-23-29-27-18(14-33-23)16-9-5-4-6-10-16/h4-12,14,27H,2-3,13,15H2,1H3,(H,25,29,32). The number of hydrogen-bond acceptors (Lipinski definition) is 8. The molecule has 0 aliphatic carbocycles. The Labute approximate surface area is 205 Å². The van der Waals surface area contributed by atoms with Crippen LogP contribution in [0.4, 0.5) is 0 Å². The predicted molar refractivity (Wildman–Crippen MR) is 139 cm³/mol. The maximum absolute atomic E-state index is 12.5. The lowest BCUT2D eigenvalue weighted by molar-refractivity contribution is -0.117. The van der Waals surface area contributed by atoms with Crippen LogP contribution in [0.2, 0.25) is 0 Å². The van der Waals surface area contributed by atoms with E-state index in [9.17, 15) is 4.79 Å². The van der Waals surface area contributed by atoms with Gasteiger partial charge in [0.25, 0.3) is 0 Å². The number of unbranched alkanes of at least 4 members (excludes halogenated alkanes) is 1. The first kappa shape index (κ1) is 22.4. The van der Waals surface area contributed by atoms with Crippen molar-refractivity contribution >= 4 is 62.4 Å². The van der Waals surface area contributed by atoms with E-state index in [1.165, 1.54) is 23.5 Å². The maximum Gasteiger partial charge on any atom is 0.236 e. The van der Waals surface area contributed by atoms with Crippen molar-refractivity contribution in [2.75, 3.05) is 5.75 Å². The number of carbonyl (C=O) groups is 1. The van der Waals surface area contributed by atoms with Crippen LogP contribution in [-0.2, 0) is 11.3 Å². The number of amidine groups is 1. The molecular formula is C24H23N7OS2. The largest absolute Gasteiger partial charge is 0.324 e. The number of benzene rings is 2. The molecule has 0 saturated carbocycles. The second-order valence-corrected chi connectivity index (χ2v) is 9.47. The van der Waals surface area contributed by atoms with Crippen LogP contribution in [-0.4, -0.2) is 36.6 Å². The zero-order valence-electron chi connectivity index (χ0n) is 18.6. The zero-order valence-corrected chi connectivity index (χ0v) is 20.2. The average Bonchev–Trinajstić information content (AvgIpc) is 3.20. The molecule has 0 saturated heterocycles. The third kappa shape index (κ3) is 4.78. The number of fused-ring (bicyclic) bond motifs is 3. The van der Waals surface area contributed by atoms with Gasteiger partial charge in [0.2, 0.25) is 11.1 Å². The Bertz CT molecular complexity index is 1400. The number of nitrogens with one attached hydrogen (secondary N) is 2. The van der Waals surface area contributed by atoms with Gasteiger partial charge in [-0.1, -0.05) is 85.4 Å². The number of hydrogen-bond donors (Lipinski definition) is 2. The predicted octanol–water partition coefficient (Wildman–Crippen LogP) is 4.59. The highest BCUT2D eigenvalue weighted by Gasteiger charge is 2.16. The summed E-state index contributed by atoms with van der Waals surface area (Å²) in [5.74, 6) is -0.0122. The molecule has 1 amide bonds. The average molecular weight is 490 g/mol. The third-order valence-electron chi connectivity index (χ3n) is 5.32. The van der Waals surface area contributed by atoms with Gasteiger partial charge in [0.05, 0.1) is 17.0 Å². The molecule has 5 rings (SSSR count). The van der Waals surface area contributed by atoms with Gasteiger partial charge in [-0.15, -0.1) is 15.3 Å². The lowest BCUT2D eigenvalue weighted by atomic mass is 10.2. The van der Waals surface area contributed by atoms with E-state index in [1.54, 1.807) is 0 Å². The van der Waals surface area contributed by atoms with E-state index in [0.29, 0.717) is 10.3 Å². The summed E-state index contributed by atoms with van der Waals surface area (Å²) in [6, 6.07) is 18.1. The normalized spacial score (nSPS) is 13.4. The molecule has 1 aliphatic heterocycles. The number of hydrazone groups is 1. The van der Waals surface area contributed by atoms with Crippen molar-refractivity contribution in [3.63, 3.8) is 0 Å². The number of aryl methyl sites for hydroxylation is 1. The van der Waals surface area contributed by atoms with Crippen molar-refractivity contribution in [1.29, 1.82) is 0 Å². The van der Waals surface area contributed by atoms with Crippen LogP contribution in [0.25, 0.3) is 27.8 Å². The molecule has 172 valence electrons. The lowest BCUT2D eigenvalue weighted by Crippen LogP contribution is -2.32. The number of rotatable bonds is 7. The molecule has 0 fully saturated rings. The molecule has 0 unspecified atom stereocenters. The molecule has 2 N–H and O–H groups in total. The van der Waals surface area contributed by atoms with Gasteiger partial charge in [-0.2, -0.15) is 0 Å². The van der Waals surface area contributed by atoms with Crippen LogP contribution in [0.1, 0.15) is 25.3 Å². The molecule has 4 aromatic rings. The van der Waals surface area contributed by atoms with Crippen LogP contribution < -0.4 is 10.7 Å². The quantitative estimate of drug-likeness (QED) is 0.366. The van der Waals surface area contributed by atoms with E-state index < -0.39 is 0 Å². The highest BCUT2D eigenvalue weighted by molar-refractivity contribution is 8.16. The highest BCUT2D eigenvalue weighted by atomic mass is 32.2. The van der Waals surface area contributed by atoms with Gasteiger partial charge < -0.3 is 9.88 Å². The van der Waals surface area contributed by atoms with Gasteiger partial charge in [0.1, 0.15) is 5.52 Å². The molecule has 10 heteroatoms. The molecule has 0 atom stereocenters. The maximum atomic E-state index is 12.5. The first-order chi connectivity index (χ1) is 16.7. The fourth-order valence-corrected chi connectivity index (χ4v) is 4.94. The van der Waals surface area contributed by atoms with Crippen molar-refractivity contribution in [2.45, 2.75) is 31.5 Å². The molecule has 8 nitrogen and oxygen atoms in total. The first-order valence-electron chi connectivity index (χ1n) is 11.0. The number of carbonyl (C=O) groups excluding carboxylic acids is 1. The Morgan fingerprint density at radius 2 is 1.94 bits per heavy atom. The van der Waals surface area contributed by atoms with E-state index in [1.807, 2.05) is 53.9 Å². The summed E-state index contributed by atoms with van der Waals surface area (Å²) in [5.41, 5.74) is 7.63. The number of nitrogens with zero attached hydrogens (tertiary/aromatic N) is 5. The molecular weight excluding hydrogens is 466 g/mol. The minimum absolute atomic E-state index is 0.164. The van der Waals surface area contributed by atoms with Crippen LogP contribution in [0, 0.1) is 0 Å². The van der Waals surface area contributed by atoms with E-state index in [-0.39, 0.29) is 11.7 Å². The second kappa shape index (κ2) is 10.3. The number of thioether (sulfide) groups is 2. The van der Waals surface area contributed by atoms with Crippen molar-refractivity contribution < 1.29 is 4.79 Å². The fourth-order valence-electron chi connectivity index (χ4n) is 3.66. The Hall–Kier alpha value is -3.37. The summed E-state index contributed by atoms with van der Waals surface area (Å²) in [4.78, 5) is 17.2. The van der Waals surface area contributed by atoms with Gasteiger partial charge in [0, 0.05) is 22.9 Å². The minimum atomic E-state index is -0.176. The van der Waals surface area contributed by atoms with Gasteiger partial charge in [-0.05, 0) is 12.5 Å². The van der Waals surface area contributed by atoms with E-state index in [4.69, 9.17) is 4.98 Å². The van der Waals surface area contributed by atoms with E-state index >= 15 is 0 Å². The first-order valence-corrected chi connectivity index (χ1v) is 12.9. The van der Waals surface area contributed by atoms with E-state index in [2.05, 4.69) is 43.6 Å². The monoisotopic (exact) mass is 489 g/mol. The summed E-state index contributed by atoms with van der Waals surface area (Å²) in [7, 11) is 0. The SMILES string of the molecule is CCCCn1c2ccccc2c2nnc(SCC(=O)NC3=NNC(c4ccccc4)=CS3)nc21. The zero-order chi connectivity index (χ0) is 23.3. The number of aromatic nitrogens is 4. The minimum Gasteiger partial charge on any atom is -0.324 e. The summed E-state index contributed by atoms with van der Waals surface area (Å²) < 4.78 is 2.20. The van der Waals surface area contributed by atoms with Crippen molar-refractivity contribution in [3.05, 3.63) is 65.6 Å². The molecule has 0 spiro atoms. The van der Waals surface area contributed by atoms with Crippen LogP contribution in [0.5, 0.6) is 0 Å². The van der Waals surface area contributed by atoms with E-state index in [0.717, 1.165) is 52.7 Å². The molecule has 0 radical (unpaired) electrons. The summed E-state index contributed by atoms with van der Waals surface area (Å²) in [6.45, 7) is 3.04. The van der Waals surface area contributed by atoms with Crippen molar-refractivity contribution in [2.24, 2.45) is 5.10 Å².